The van der Waals surface area contributed by atoms with E-state index in [-0.39, 0.29) is 5.69 Å². The third-order valence-corrected chi connectivity index (χ3v) is 1.13. The molecule has 5 heteroatoms. The molecule has 1 rings (SSSR count). The molecule has 1 N–H and O–H groups in total. The molecule has 0 spiro atoms. The van der Waals surface area contributed by atoms with Crippen molar-refractivity contribution in [2.45, 2.75) is 6.73 Å². The molecule has 0 radical (unpaired) electrons. The van der Waals surface area contributed by atoms with E-state index >= 15 is 0 Å². The van der Waals surface area contributed by atoms with Crippen LogP contribution in [0.3, 0.4) is 0 Å². The van der Waals surface area contributed by atoms with Gasteiger partial charge in [-0.3, -0.25) is 0 Å². The van der Waals surface area contributed by atoms with Crippen molar-refractivity contribution in [1.82, 2.24) is 9.55 Å². The molecule has 11 heavy (non-hydrogen) atoms. The summed E-state index contributed by atoms with van der Waals surface area (Å²) in [7, 11) is 1.53. The SMILES string of the molecule is COCn1cnc(C(=O)O)c1. The molecule has 1 aromatic rings. The summed E-state index contributed by atoms with van der Waals surface area (Å²) >= 11 is 0. The van der Waals surface area contributed by atoms with Gasteiger partial charge >= 0.3 is 5.97 Å². The van der Waals surface area contributed by atoms with Gasteiger partial charge < -0.3 is 14.4 Å². The highest BCUT2D eigenvalue weighted by molar-refractivity contribution is 5.84. The number of rotatable bonds is 3. The van der Waals surface area contributed by atoms with E-state index < -0.39 is 5.97 Å². The molecule has 0 fully saturated rings. The Balaban J connectivity index is 2.73. The lowest BCUT2D eigenvalue weighted by Crippen LogP contribution is -1.97. The highest BCUT2D eigenvalue weighted by Gasteiger charge is 2.04. The Hall–Kier alpha value is -1.36. The molecule has 1 heterocycles. The molecular weight excluding hydrogens is 148 g/mol. The van der Waals surface area contributed by atoms with Crippen LogP contribution in [0.1, 0.15) is 10.5 Å². The van der Waals surface area contributed by atoms with E-state index in [4.69, 9.17) is 9.84 Å². The number of carboxylic acids is 1. The Kier molecular flexibility index (Phi) is 2.22. The van der Waals surface area contributed by atoms with Gasteiger partial charge in [0.15, 0.2) is 5.69 Å². The summed E-state index contributed by atoms with van der Waals surface area (Å²) in [6, 6.07) is 0. The van der Waals surface area contributed by atoms with Crippen LogP contribution in [0.2, 0.25) is 0 Å². The summed E-state index contributed by atoms with van der Waals surface area (Å²) in [6.07, 6.45) is 2.82. The number of methoxy groups -OCH3 is 1. The molecule has 0 unspecified atom stereocenters. The number of carboxylic acid groups (broad SMARTS) is 1. The topological polar surface area (TPSA) is 64.4 Å². The Morgan fingerprint density at radius 1 is 1.91 bits per heavy atom. The Labute approximate surface area is 63.2 Å². The fourth-order valence-electron chi connectivity index (χ4n) is 0.690. The van der Waals surface area contributed by atoms with Gasteiger partial charge in [0.1, 0.15) is 6.73 Å². The van der Waals surface area contributed by atoms with Crippen LogP contribution in [-0.2, 0) is 11.5 Å². The van der Waals surface area contributed by atoms with Crippen LogP contribution in [0.15, 0.2) is 12.5 Å². The van der Waals surface area contributed by atoms with Gasteiger partial charge in [-0.05, 0) is 0 Å². The maximum atomic E-state index is 10.3. The largest absolute Gasteiger partial charge is 0.476 e. The van der Waals surface area contributed by atoms with Crippen LogP contribution in [-0.4, -0.2) is 27.7 Å². The van der Waals surface area contributed by atoms with Gasteiger partial charge in [-0.15, -0.1) is 0 Å². The number of carbonyl (C=O) groups is 1. The van der Waals surface area contributed by atoms with E-state index in [1.165, 1.54) is 19.6 Å². The van der Waals surface area contributed by atoms with Crippen molar-refractivity contribution < 1.29 is 14.6 Å². The van der Waals surface area contributed by atoms with Gasteiger partial charge in [0.25, 0.3) is 0 Å². The maximum absolute atomic E-state index is 10.3. The summed E-state index contributed by atoms with van der Waals surface area (Å²) in [5, 5.41) is 8.45. The standard InChI is InChI=1S/C6H8N2O3/c1-11-4-8-2-5(6(9)10)7-3-8/h2-3H,4H2,1H3,(H,9,10). The van der Waals surface area contributed by atoms with Crippen molar-refractivity contribution in [3.8, 4) is 0 Å². The lowest BCUT2D eigenvalue weighted by Gasteiger charge is -1.95. The molecule has 0 aliphatic heterocycles. The van der Waals surface area contributed by atoms with E-state index in [0.717, 1.165) is 0 Å². The van der Waals surface area contributed by atoms with Crippen LogP contribution in [0.25, 0.3) is 0 Å². The minimum Gasteiger partial charge on any atom is -0.476 e. The normalized spacial score (nSPS) is 9.91. The molecule has 0 aliphatic carbocycles. The van der Waals surface area contributed by atoms with Crippen molar-refractivity contribution in [1.29, 1.82) is 0 Å². The molecule has 0 saturated heterocycles. The van der Waals surface area contributed by atoms with Crippen molar-refractivity contribution >= 4 is 5.97 Å². The maximum Gasteiger partial charge on any atom is 0.356 e. The van der Waals surface area contributed by atoms with Crippen LogP contribution < -0.4 is 0 Å². The second kappa shape index (κ2) is 3.16. The molecular formula is C6H8N2O3. The minimum atomic E-state index is -1.03. The fraction of sp³-hybridized carbons (Fsp3) is 0.333. The molecule has 1 aromatic heterocycles. The van der Waals surface area contributed by atoms with Crippen LogP contribution in [0.4, 0.5) is 0 Å². The summed E-state index contributed by atoms with van der Waals surface area (Å²) in [4.78, 5) is 13.9. The van der Waals surface area contributed by atoms with E-state index in [0.29, 0.717) is 6.73 Å². The molecule has 60 valence electrons. The molecule has 0 atom stereocenters. The first-order chi connectivity index (χ1) is 5.24. The van der Waals surface area contributed by atoms with Gasteiger partial charge in [-0.2, -0.15) is 0 Å². The quantitative estimate of drug-likeness (QED) is 0.678. The number of hydrogen-bond acceptors (Lipinski definition) is 3. The van der Waals surface area contributed by atoms with Gasteiger partial charge in [0.05, 0.1) is 6.33 Å². The van der Waals surface area contributed by atoms with Gasteiger partial charge in [0, 0.05) is 13.3 Å². The highest BCUT2D eigenvalue weighted by Crippen LogP contribution is 1.95. The first kappa shape index (κ1) is 7.74. The second-order valence-corrected chi connectivity index (χ2v) is 2.00. The molecule has 0 saturated carbocycles. The van der Waals surface area contributed by atoms with E-state index in [9.17, 15) is 4.79 Å². The molecule has 0 bridgehead atoms. The van der Waals surface area contributed by atoms with Crippen molar-refractivity contribution in [3.05, 3.63) is 18.2 Å². The Morgan fingerprint density at radius 3 is 3.09 bits per heavy atom. The third kappa shape index (κ3) is 1.78. The third-order valence-electron chi connectivity index (χ3n) is 1.13. The smallest absolute Gasteiger partial charge is 0.356 e. The van der Waals surface area contributed by atoms with E-state index in [2.05, 4.69) is 4.98 Å². The Morgan fingerprint density at radius 2 is 2.64 bits per heavy atom. The van der Waals surface area contributed by atoms with Gasteiger partial charge in [-0.25, -0.2) is 9.78 Å². The molecule has 0 aliphatic rings. The second-order valence-electron chi connectivity index (χ2n) is 2.00. The zero-order valence-corrected chi connectivity index (χ0v) is 6.02. The first-order valence-electron chi connectivity index (χ1n) is 2.98. The number of nitrogens with zero attached hydrogens (tertiary/aromatic N) is 2. The fourth-order valence-corrected chi connectivity index (χ4v) is 0.690. The van der Waals surface area contributed by atoms with Gasteiger partial charge in [0.2, 0.25) is 0 Å². The van der Waals surface area contributed by atoms with Gasteiger partial charge in [-0.1, -0.05) is 0 Å². The summed E-state index contributed by atoms with van der Waals surface area (Å²) in [6.45, 7) is 0.320. The summed E-state index contributed by atoms with van der Waals surface area (Å²) in [5.74, 6) is -1.03. The minimum absolute atomic E-state index is 0.0297. The number of aromatic nitrogens is 2. The first-order valence-corrected chi connectivity index (χ1v) is 2.98. The zero-order chi connectivity index (χ0) is 8.27. The lowest BCUT2D eigenvalue weighted by atomic mass is 10.5. The van der Waals surface area contributed by atoms with Crippen molar-refractivity contribution in [2.75, 3.05) is 7.11 Å². The summed E-state index contributed by atoms with van der Waals surface area (Å²) in [5.41, 5.74) is 0.0297. The highest BCUT2D eigenvalue weighted by atomic mass is 16.5. The van der Waals surface area contributed by atoms with Crippen molar-refractivity contribution in [2.24, 2.45) is 0 Å². The number of hydrogen-bond donors (Lipinski definition) is 1. The van der Waals surface area contributed by atoms with E-state index in [1.54, 1.807) is 4.57 Å². The molecule has 0 amide bonds. The monoisotopic (exact) mass is 156 g/mol. The zero-order valence-electron chi connectivity index (χ0n) is 6.02. The lowest BCUT2D eigenvalue weighted by molar-refractivity contribution is 0.0690. The number of aromatic carboxylic acids is 1. The predicted molar refractivity (Wildman–Crippen MR) is 36.2 cm³/mol. The number of imidazole rings is 1. The van der Waals surface area contributed by atoms with Crippen molar-refractivity contribution in [3.63, 3.8) is 0 Å². The van der Waals surface area contributed by atoms with Crippen LogP contribution in [0.5, 0.6) is 0 Å². The number of ether oxygens (including phenoxy) is 1. The Bertz CT molecular complexity index is 256. The predicted octanol–water partition coefficient (Wildman–Crippen LogP) is 0.185. The van der Waals surface area contributed by atoms with E-state index in [1.807, 2.05) is 0 Å². The summed E-state index contributed by atoms with van der Waals surface area (Å²) < 4.78 is 6.30. The molecule has 5 nitrogen and oxygen atoms in total. The average Bonchev–Trinajstić information content (AvgIpc) is 2.37. The average molecular weight is 156 g/mol. The van der Waals surface area contributed by atoms with Crippen LogP contribution in [0, 0.1) is 0 Å². The van der Waals surface area contributed by atoms with Crippen LogP contribution >= 0.6 is 0 Å². The molecule has 0 aromatic carbocycles.